The molecule has 152 valence electrons. The maximum absolute atomic E-state index is 13.0. The molecule has 0 saturated carbocycles. The van der Waals surface area contributed by atoms with Crippen molar-refractivity contribution in [1.82, 2.24) is 15.5 Å². The molecule has 8 heteroatoms. The summed E-state index contributed by atoms with van der Waals surface area (Å²) in [7, 11) is 1.62. The topological polar surface area (TPSA) is 77.2 Å². The second kappa shape index (κ2) is 9.56. The first-order valence-corrected chi connectivity index (χ1v) is 10.0. The van der Waals surface area contributed by atoms with Crippen LogP contribution < -0.4 is 10.1 Å². The molecule has 29 heavy (non-hydrogen) atoms. The van der Waals surface area contributed by atoms with Gasteiger partial charge in [-0.3, -0.25) is 4.79 Å². The molecule has 0 aliphatic carbocycles. The number of nitrogens with one attached hydrogen (secondary N) is 1. The van der Waals surface area contributed by atoms with Crippen LogP contribution in [0.1, 0.15) is 36.9 Å². The molecule has 0 unspecified atom stereocenters. The van der Waals surface area contributed by atoms with Gasteiger partial charge in [0.1, 0.15) is 11.6 Å². The van der Waals surface area contributed by atoms with Crippen molar-refractivity contribution < 1.29 is 18.3 Å². The van der Waals surface area contributed by atoms with E-state index in [-0.39, 0.29) is 17.8 Å². The Morgan fingerprint density at radius 3 is 2.48 bits per heavy atom. The minimum atomic E-state index is -0.424. The van der Waals surface area contributed by atoms with Crippen LogP contribution in [0.15, 0.2) is 58.2 Å². The maximum atomic E-state index is 13.0. The van der Waals surface area contributed by atoms with E-state index in [0.29, 0.717) is 17.5 Å². The Bertz CT molecular complexity index is 945. The van der Waals surface area contributed by atoms with Crippen molar-refractivity contribution in [2.24, 2.45) is 0 Å². The zero-order chi connectivity index (χ0) is 20.8. The predicted molar refractivity (Wildman–Crippen MR) is 108 cm³/mol. The van der Waals surface area contributed by atoms with Crippen LogP contribution in [-0.4, -0.2) is 28.5 Å². The monoisotopic (exact) mass is 415 g/mol. The number of methoxy groups -OCH3 is 1. The van der Waals surface area contributed by atoms with Crippen LogP contribution in [0, 0.1) is 5.82 Å². The number of halogens is 1. The lowest BCUT2D eigenvalue weighted by atomic mass is 10.1. The number of rotatable bonds is 8. The Balaban J connectivity index is 1.53. The highest BCUT2D eigenvalue weighted by molar-refractivity contribution is 8.00. The van der Waals surface area contributed by atoms with Crippen LogP contribution in [0.2, 0.25) is 0 Å². The van der Waals surface area contributed by atoms with Gasteiger partial charge in [0.2, 0.25) is 11.8 Å². The highest BCUT2D eigenvalue weighted by Crippen LogP contribution is 2.24. The quantitative estimate of drug-likeness (QED) is 0.557. The van der Waals surface area contributed by atoms with Crippen molar-refractivity contribution in [2.75, 3.05) is 7.11 Å². The number of carbonyl (C=O) groups is 1. The molecule has 0 aliphatic heterocycles. The van der Waals surface area contributed by atoms with Gasteiger partial charge in [0, 0.05) is 0 Å². The SMILES string of the molecule is COc1ccc(Cc2nnc(S[C@H](C)C(=O)N[C@H](C)c3ccc(F)cc3)o2)cc1. The Morgan fingerprint density at radius 2 is 1.83 bits per heavy atom. The maximum Gasteiger partial charge on any atom is 0.277 e. The number of thioether (sulfide) groups is 1. The van der Waals surface area contributed by atoms with Gasteiger partial charge in [0.05, 0.1) is 24.8 Å². The molecule has 0 aliphatic rings. The van der Waals surface area contributed by atoms with Crippen molar-refractivity contribution in [3.63, 3.8) is 0 Å². The third kappa shape index (κ3) is 5.80. The summed E-state index contributed by atoms with van der Waals surface area (Å²) in [5.74, 6) is 0.787. The van der Waals surface area contributed by atoms with Gasteiger partial charge in [0.15, 0.2) is 0 Å². The molecule has 3 rings (SSSR count). The highest BCUT2D eigenvalue weighted by Gasteiger charge is 2.20. The Hall–Kier alpha value is -2.87. The molecule has 0 spiro atoms. The number of ether oxygens (including phenoxy) is 1. The zero-order valence-electron chi connectivity index (χ0n) is 16.4. The van der Waals surface area contributed by atoms with Crippen molar-refractivity contribution in [3.8, 4) is 5.75 Å². The van der Waals surface area contributed by atoms with Gasteiger partial charge >= 0.3 is 0 Å². The minimum Gasteiger partial charge on any atom is -0.497 e. The summed E-state index contributed by atoms with van der Waals surface area (Å²) in [6, 6.07) is 13.4. The molecule has 2 aromatic carbocycles. The lowest BCUT2D eigenvalue weighted by Gasteiger charge is -2.16. The number of hydrogen-bond acceptors (Lipinski definition) is 6. The lowest BCUT2D eigenvalue weighted by Crippen LogP contribution is -2.33. The van der Waals surface area contributed by atoms with E-state index in [2.05, 4.69) is 15.5 Å². The molecule has 6 nitrogen and oxygen atoms in total. The molecule has 3 aromatic rings. The van der Waals surface area contributed by atoms with E-state index in [1.165, 1.54) is 23.9 Å². The summed E-state index contributed by atoms with van der Waals surface area (Å²) >= 11 is 1.20. The van der Waals surface area contributed by atoms with Gasteiger partial charge in [0.25, 0.3) is 5.22 Å². The number of nitrogens with zero attached hydrogens (tertiary/aromatic N) is 2. The van der Waals surface area contributed by atoms with Crippen molar-refractivity contribution in [3.05, 3.63) is 71.4 Å². The van der Waals surface area contributed by atoms with Gasteiger partial charge in [-0.2, -0.15) is 0 Å². The van der Waals surface area contributed by atoms with Crippen LogP contribution in [-0.2, 0) is 11.2 Å². The van der Waals surface area contributed by atoms with Crippen LogP contribution in [0.25, 0.3) is 0 Å². The average Bonchev–Trinajstić information content (AvgIpc) is 3.15. The third-order valence-corrected chi connectivity index (χ3v) is 5.27. The molecule has 1 aromatic heterocycles. The van der Waals surface area contributed by atoms with Gasteiger partial charge in [-0.05, 0) is 49.2 Å². The first-order chi connectivity index (χ1) is 13.9. The third-order valence-electron chi connectivity index (χ3n) is 4.34. The Labute approximate surface area is 172 Å². The van der Waals surface area contributed by atoms with E-state index in [4.69, 9.17) is 9.15 Å². The van der Waals surface area contributed by atoms with Crippen molar-refractivity contribution >= 4 is 17.7 Å². The fraction of sp³-hybridized carbons (Fsp3) is 0.286. The summed E-state index contributed by atoms with van der Waals surface area (Å²) in [4.78, 5) is 12.4. The van der Waals surface area contributed by atoms with Crippen molar-refractivity contribution in [1.29, 1.82) is 0 Å². The number of benzene rings is 2. The first-order valence-electron chi connectivity index (χ1n) is 9.12. The van der Waals surface area contributed by atoms with Crippen LogP contribution in [0.4, 0.5) is 4.39 Å². The van der Waals surface area contributed by atoms with E-state index in [9.17, 15) is 9.18 Å². The molecular formula is C21H22FN3O3S. The van der Waals surface area contributed by atoms with Gasteiger partial charge in [-0.25, -0.2) is 4.39 Å². The number of hydrogen-bond donors (Lipinski definition) is 1. The smallest absolute Gasteiger partial charge is 0.277 e. The second-order valence-corrected chi connectivity index (χ2v) is 7.82. The summed E-state index contributed by atoms with van der Waals surface area (Å²) < 4.78 is 23.8. The molecule has 0 radical (unpaired) electrons. The number of aromatic nitrogens is 2. The summed E-state index contributed by atoms with van der Waals surface area (Å²) in [5.41, 5.74) is 1.85. The standard InChI is InChI=1S/C21H22FN3O3S/c1-13(16-6-8-17(22)9-7-16)23-20(26)14(2)29-21-25-24-19(28-21)12-15-4-10-18(27-3)11-5-15/h4-11,13-14H,12H2,1-3H3,(H,23,26)/t13-,14-/m1/s1. The van der Waals surface area contributed by atoms with E-state index in [0.717, 1.165) is 16.9 Å². The number of amides is 1. The van der Waals surface area contributed by atoms with E-state index in [1.54, 1.807) is 26.2 Å². The molecule has 1 heterocycles. The summed E-state index contributed by atoms with van der Waals surface area (Å²) in [6.45, 7) is 3.62. The molecule has 0 bridgehead atoms. The van der Waals surface area contributed by atoms with Gasteiger partial charge in [-0.15, -0.1) is 10.2 Å². The van der Waals surface area contributed by atoms with Crippen LogP contribution in [0.3, 0.4) is 0 Å². The zero-order valence-corrected chi connectivity index (χ0v) is 17.2. The number of carbonyl (C=O) groups excluding carboxylic acids is 1. The van der Waals surface area contributed by atoms with E-state index in [1.807, 2.05) is 31.2 Å². The molecular weight excluding hydrogens is 393 g/mol. The fourth-order valence-electron chi connectivity index (χ4n) is 2.65. The van der Waals surface area contributed by atoms with Gasteiger partial charge < -0.3 is 14.5 Å². The lowest BCUT2D eigenvalue weighted by molar-refractivity contribution is -0.120. The largest absolute Gasteiger partial charge is 0.497 e. The van der Waals surface area contributed by atoms with Crippen molar-refractivity contribution in [2.45, 2.75) is 36.8 Å². The molecule has 0 saturated heterocycles. The second-order valence-electron chi connectivity index (χ2n) is 6.53. The Morgan fingerprint density at radius 1 is 1.14 bits per heavy atom. The van der Waals surface area contributed by atoms with E-state index >= 15 is 0 Å². The first kappa shape index (κ1) is 20.9. The average molecular weight is 415 g/mol. The van der Waals surface area contributed by atoms with E-state index < -0.39 is 5.25 Å². The Kier molecular flexibility index (Phi) is 6.87. The summed E-state index contributed by atoms with van der Waals surface area (Å²) in [6.07, 6.45) is 0.500. The molecule has 2 atom stereocenters. The molecule has 1 amide bonds. The fourth-order valence-corrected chi connectivity index (χ4v) is 3.36. The molecule has 0 fully saturated rings. The van der Waals surface area contributed by atoms with Gasteiger partial charge in [-0.1, -0.05) is 36.0 Å². The van der Waals surface area contributed by atoms with Crippen LogP contribution in [0.5, 0.6) is 5.75 Å². The highest BCUT2D eigenvalue weighted by atomic mass is 32.2. The normalized spacial score (nSPS) is 13.0. The predicted octanol–water partition coefficient (Wildman–Crippen LogP) is 4.17. The molecule has 1 N–H and O–H groups in total. The minimum absolute atomic E-state index is 0.165. The summed E-state index contributed by atoms with van der Waals surface area (Å²) in [5, 5.41) is 10.9. The van der Waals surface area contributed by atoms with Crippen LogP contribution >= 0.6 is 11.8 Å².